The second kappa shape index (κ2) is 6.03. The van der Waals surface area contributed by atoms with E-state index in [-0.39, 0.29) is 17.6 Å². The molecule has 0 aromatic carbocycles. The van der Waals surface area contributed by atoms with Gasteiger partial charge in [0.25, 0.3) is 0 Å². The molecule has 1 atom stereocenters. The molecule has 0 aliphatic heterocycles. The molecule has 1 heterocycles. The van der Waals surface area contributed by atoms with Crippen LogP contribution in [0.4, 0.5) is 0 Å². The molecule has 1 aromatic rings. The molecule has 0 fully saturated rings. The molecule has 0 N–H and O–H groups in total. The molecule has 0 radical (unpaired) electrons. The quantitative estimate of drug-likeness (QED) is 0.750. The number of oxazole rings is 1. The fourth-order valence-corrected chi connectivity index (χ4v) is 1.56. The van der Waals surface area contributed by atoms with Crippen LogP contribution >= 0.6 is 0 Å². The average Bonchev–Trinajstić information content (AvgIpc) is 2.72. The molecule has 4 heteroatoms. The van der Waals surface area contributed by atoms with Crippen LogP contribution < -0.4 is 0 Å². The van der Waals surface area contributed by atoms with E-state index < -0.39 is 5.97 Å². The lowest BCUT2D eigenvalue weighted by molar-refractivity contribution is 0.0484. The second-order valence-electron chi connectivity index (χ2n) is 5.17. The third kappa shape index (κ3) is 3.12. The molecule has 1 unspecified atom stereocenters. The van der Waals surface area contributed by atoms with Crippen LogP contribution in [0.1, 0.15) is 75.5 Å². The van der Waals surface area contributed by atoms with Crippen LogP contribution in [-0.2, 0) is 4.74 Å². The largest absolute Gasteiger partial charge is 0.460 e. The van der Waals surface area contributed by atoms with Crippen LogP contribution in [0.25, 0.3) is 0 Å². The molecule has 0 amide bonds. The molecule has 1 rings (SSSR count). The molecule has 4 nitrogen and oxygen atoms in total. The number of ether oxygens (including phenoxy) is 1. The Labute approximate surface area is 109 Å². The van der Waals surface area contributed by atoms with Crippen LogP contribution in [-0.4, -0.2) is 17.6 Å². The average molecular weight is 253 g/mol. The van der Waals surface area contributed by atoms with E-state index in [2.05, 4.69) is 25.8 Å². The van der Waals surface area contributed by atoms with Gasteiger partial charge in [0.2, 0.25) is 5.76 Å². The van der Waals surface area contributed by atoms with Crippen molar-refractivity contribution in [3.8, 4) is 0 Å². The maximum absolute atomic E-state index is 11.8. The molecule has 0 spiro atoms. The number of esters is 1. The molecular weight excluding hydrogens is 230 g/mol. The zero-order chi connectivity index (χ0) is 13.9. The Morgan fingerprint density at radius 3 is 2.33 bits per heavy atom. The van der Waals surface area contributed by atoms with Crippen molar-refractivity contribution < 1.29 is 13.9 Å². The van der Waals surface area contributed by atoms with Crippen LogP contribution in [0, 0.1) is 5.92 Å². The summed E-state index contributed by atoms with van der Waals surface area (Å²) in [6, 6.07) is 0. The molecule has 18 heavy (non-hydrogen) atoms. The first kappa shape index (κ1) is 14.7. The predicted octanol–water partition coefficient (Wildman–Crippen LogP) is 3.73. The summed E-state index contributed by atoms with van der Waals surface area (Å²) in [5.74, 6) is 1.20. The lowest BCUT2D eigenvalue weighted by Crippen LogP contribution is -2.07. The minimum absolute atomic E-state index is 0.140. The smallest absolute Gasteiger partial charge is 0.376 e. The third-order valence-corrected chi connectivity index (χ3v) is 3.07. The molecule has 0 saturated heterocycles. The van der Waals surface area contributed by atoms with Gasteiger partial charge in [-0.3, -0.25) is 0 Å². The topological polar surface area (TPSA) is 52.3 Å². The highest BCUT2D eigenvalue weighted by Crippen LogP contribution is 2.28. The lowest BCUT2D eigenvalue weighted by Gasteiger charge is -2.10. The first-order valence-corrected chi connectivity index (χ1v) is 6.56. The predicted molar refractivity (Wildman–Crippen MR) is 69.8 cm³/mol. The van der Waals surface area contributed by atoms with E-state index in [4.69, 9.17) is 9.15 Å². The molecule has 102 valence electrons. The number of hydrogen-bond donors (Lipinski definition) is 0. The molecule has 0 aliphatic rings. The minimum Gasteiger partial charge on any atom is -0.460 e. The summed E-state index contributed by atoms with van der Waals surface area (Å²) < 4.78 is 10.6. The van der Waals surface area contributed by atoms with Gasteiger partial charge in [0, 0.05) is 5.92 Å². The Hall–Kier alpha value is -1.32. The number of aromatic nitrogens is 1. The van der Waals surface area contributed by atoms with Gasteiger partial charge in [-0.25, -0.2) is 9.78 Å². The summed E-state index contributed by atoms with van der Waals surface area (Å²) in [5, 5.41) is 0. The van der Waals surface area contributed by atoms with Gasteiger partial charge in [0.15, 0.2) is 5.89 Å². The van der Waals surface area contributed by atoms with Crippen molar-refractivity contribution in [2.24, 2.45) is 5.92 Å². The number of carbonyl (C=O) groups is 1. The van der Waals surface area contributed by atoms with Crippen LogP contribution in [0.3, 0.4) is 0 Å². The normalized spacial score (nSPS) is 13.1. The van der Waals surface area contributed by atoms with Crippen molar-refractivity contribution in [1.29, 1.82) is 0 Å². The Morgan fingerprint density at radius 1 is 1.28 bits per heavy atom. The Balaban J connectivity index is 3.12. The van der Waals surface area contributed by atoms with Gasteiger partial charge in [-0.15, -0.1) is 0 Å². The maximum Gasteiger partial charge on any atom is 0.376 e. The van der Waals surface area contributed by atoms with E-state index >= 15 is 0 Å². The summed E-state index contributed by atoms with van der Waals surface area (Å²) in [5.41, 5.74) is 0.691. The van der Waals surface area contributed by atoms with Crippen LogP contribution in [0.2, 0.25) is 0 Å². The standard InChI is InChI=1S/C14H23NO3/c1-7-17-14(16)12-11(9(4)5)15-13(18-12)10(6)8(2)3/h8-10H,7H2,1-6H3. The number of nitrogens with zero attached hydrogens (tertiary/aromatic N) is 1. The van der Waals surface area contributed by atoms with Gasteiger partial charge in [0.05, 0.1) is 12.3 Å². The first-order valence-electron chi connectivity index (χ1n) is 6.56. The van der Waals surface area contributed by atoms with E-state index in [1.54, 1.807) is 6.92 Å². The van der Waals surface area contributed by atoms with Crippen molar-refractivity contribution >= 4 is 5.97 Å². The van der Waals surface area contributed by atoms with E-state index in [1.807, 2.05) is 13.8 Å². The van der Waals surface area contributed by atoms with E-state index in [0.29, 0.717) is 24.1 Å². The number of hydrogen-bond acceptors (Lipinski definition) is 4. The Kier molecular flexibility index (Phi) is 4.93. The summed E-state index contributed by atoms with van der Waals surface area (Å²) in [6.45, 7) is 12.4. The summed E-state index contributed by atoms with van der Waals surface area (Å²) >= 11 is 0. The molecule has 0 aliphatic carbocycles. The molecule has 0 bridgehead atoms. The number of carbonyl (C=O) groups excluding carboxylic acids is 1. The fraction of sp³-hybridized carbons (Fsp3) is 0.714. The van der Waals surface area contributed by atoms with Gasteiger partial charge in [-0.2, -0.15) is 0 Å². The SMILES string of the molecule is CCOC(=O)c1oc(C(C)C(C)C)nc1C(C)C. The summed E-state index contributed by atoms with van der Waals surface area (Å²) in [6.07, 6.45) is 0. The third-order valence-electron chi connectivity index (χ3n) is 3.07. The van der Waals surface area contributed by atoms with Crippen molar-refractivity contribution in [1.82, 2.24) is 4.98 Å². The fourth-order valence-electron chi connectivity index (χ4n) is 1.56. The zero-order valence-electron chi connectivity index (χ0n) is 12.1. The summed E-state index contributed by atoms with van der Waals surface area (Å²) in [7, 11) is 0. The summed E-state index contributed by atoms with van der Waals surface area (Å²) in [4.78, 5) is 16.3. The highest BCUT2D eigenvalue weighted by Gasteiger charge is 2.26. The van der Waals surface area contributed by atoms with Gasteiger partial charge < -0.3 is 9.15 Å². The second-order valence-corrected chi connectivity index (χ2v) is 5.17. The molecular formula is C14H23NO3. The van der Waals surface area contributed by atoms with E-state index in [0.717, 1.165) is 0 Å². The zero-order valence-corrected chi connectivity index (χ0v) is 12.1. The molecule has 1 aromatic heterocycles. The highest BCUT2D eigenvalue weighted by molar-refractivity contribution is 5.87. The van der Waals surface area contributed by atoms with Gasteiger partial charge in [0.1, 0.15) is 0 Å². The van der Waals surface area contributed by atoms with Crippen molar-refractivity contribution in [3.05, 3.63) is 17.3 Å². The van der Waals surface area contributed by atoms with E-state index in [1.165, 1.54) is 0 Å². The highest BCUT2D eigenvalue weighted by atomic mass is 16.5. The Bertz CT molecular complexity index is 407. The number of rotatable bonds is 5. The van der Waals surface area contributed by atoms with E-state index in [9.17, 15) is 4.79 Å². The van der Waals surface area contributed by atoms with Crippen molar-refractivity contribution in [2.45, 2.75) is 53.4 Å². The molecule has 0 saturated carbocycles. The lowest BCUT2D eigenvalue weighted by atomic mass is 9.98. The maximum atomic E-state index is 11.8. The van der Waals surface area contributed by atoms with Crippen LogP contribution in [0.5, 0.6) is 0 Å². The van der Waals surface area contributed by atoms with Gasteiger partial charge in [-0.05, 0) is 18.8 Å². The van der Waals surface area contributed by atoms with Crippen molar-refractivity contribution in [2.75, 3.05) is 6.61 Å². The Morgan fingerprint density at radius 2 is 1.89 bits per heavy atom. The van der Waals surface area contributed by atoms with Crippen molar-refractivity contribution in [3.63, 3.8) is 0 Å². The monoisotopic (exact) mass is 253 g/mol. The van der Waals surface area contributed by atoms with Gasteiger partial charge in [-0.1, -0.05) is 34.6 Å². The first-order chi connectivity index (χ1) is 8.38. The van der Waals surface area contributed by atoms with Gasteiger partial charge >= 0.3 is 5.97 Å². The minimum atomic E-state index is -0.420. The van der Waals surface area contributed by atoms with Crippen LogP contribution in [0.15, 0.2) is 4.42 Å².